The van der Waals surface area contributed by atoms with Crippen LogP contribution >= 0.6 is 11.6 Å². The van der Waals surface area contributed by atoms with Gasteiger partial charge in [-0.25, -0.2) is 9.48 Å². The molecule has 0 aromatic carbocycles. The largest absolute Gasteiger partial charge is 0.489 e. The Balaban J connectivity index is 1.37. The molecule has 2 aliphatic heterocycles. The van der Waals surface area contributed by atoms with Crippen LogP contribution in [0.4, 0.5) is 13.6 Å². The zero-order valence-corrected chi connectivity index (χ0v) is 19.6. The van der Waals surface area contributed by atoms with E-state index in [0.717, 1.165) is 0 Å². The van der Waals surface area contributed by atoms with Gasteiger partial charge in [0.05, 0.1) is 29.5 Å². The Morgan fingerprint density at radius 1 is 1.28 bits per heavy atom. The van der Waals surface area contributed by atoms with Gasteiger partial charge in [-0.05, 0) is 12.1 Å². The third-order valence-corrected chi connectivity index (χ3v) is 6.25. The van der Waals surface area contributed by atoms with Crippen LogP contribution in [-0.2, 0) is 11.3 Å². The molecule has 36 heavy (non-hydrogen) atoms. The number of piperidine rings is 1. The number of amides is 2. The molecule has 2 amide bonds. The number of cyclic esters (lactones) is 1. The van der Waals surface area contributed by atoms with Crippen molar-refractivity contribution in [3.05, 3.63) is 59.4 Å². The zero-order chi connectivity index (χ0) is 25.2. The quantitative estimate of drug-likeness (QED) is 0.508. The monoisotopic (exact) mass is 518 g/mol. The number of halogens is 3. The first kappa shape index (κ1) is 23.9. The third kappa shape index (κ3) is 5.08. The van der Waals surface area contributed by atoms with Crippen LogP contribution in [0.2, 0.25) is 5.02 Å². The number of nitrogens with one attached hydrogen (secondary N) is 1. The Kier molecular flexibility index (Phi) is 6.68. The molecule has 2 aliphatic rings. The van der Waals surface area contributed by atoms with Crippen molar-refractivity contribution in [3.63, 3.8) is 0 Å². The summed E-state index contributed by atoms with van der Waals surface area (Å²) in [7, 11) is 0. The number of hydrogen-bond donors (Lipinski definition) is 1. The van der Waals surface area contributed by atoms with E-state index in [9.17, 15) is 18.4 Å². The first-order valence-electron chi connectivity index (χ1n) is 11.2. The lowest BCUT2D eigenvalue weighted by atomic mass is 10.0. The van der Waals surface area contributed by atoms with E-state index in [4.69, 9.17) is 21.1 Å². The average molecular weight is 519 g/mol. The van der Waals surface area contributed by atoms with Crippen LogP contribution in [0.15, 0.2) is 43.0 Å². The molecule has 1 N–H and O–H groups in total. The first-order chi connectivity index (χ1) is 17.4. The molecular formula is C23H21ClF2N6O4. The maximum Gasteiger partial charge on any atom is 0.410 e. The third-order valence-electron chi connectivity index (χ3n) is 6.02. The zero-order valence-electron chi connectivity index (χ0n) is 18.8. The van der Waals surface area contributed by atoms with Crippen LogP contribution in [0.1, 0.15) is 35.6 Å². The highest BCUT2D eigenvalue weighted by molar-refractivity contribution is 6.30. The van der Waals surface area contributed by atoms with E-state index in [-0.39, 0.29) is 37.1 Å². The van der Waals surface area contributed by atoms with Crippen molar-refractivity contribution in [2.24, 2.45) is 0 Å². The van der Waals surface area contributed by atoms with Gasteiger partial charge in [-0.3, -0.25) is 14.8 Å². The lowest BCUT2D eigenvalue weighted by Crippen LogP contribution is -2.44. The molecule has 0 radical (unpaired) electrons. The second-order valence-electron chi connectivity index (χ2n) is 8.39. The van der Waals surface area contributed by atoms with Crippen LogP contribution < -0.4 is 10.1 Å². The smallest absolute Gasteiger partial charge is 0.410 e. The topological polar surface area (TPSA) is 111 Å². The van der Waals surface area contributed by atoms with E-state index in [0.29, 0.717) is 51.7 Å². The minimum Gasteiger partial charge on any atom is -0.489 e. The molecule has 3 aromatic rings. The molecule has 0 spiro atoms. The molecule has 0 aliphatic carbocycles. The predicted octanol–water partition coefficient (Wildman–Crippen LogP) is 3.68. The molecule has 13 heteroatoms. The van der Waals surface area contributed by atoms with Gasteiger partial charge in [0.25, 0.3) is 5.91 Å². The van der Waals surface area contributed by atoms with Gasteiger partial charge in [-0.15, -0.1) is 0 Å². The van der Waals surface area contributed by atoms with Crippen LogP contribution in [-0.4, -0.2) is 61.9 Å². The maximum absolute atomic E-state index is 13.1. The number of ether oxygens (including phenoxy) is 2. The molecule has 2 saturated heterocycles. The van der Waals surface area contributed by atoms with Crippen molar-refractivity contribution < 1.29 is 27.8 Å². The number of aromatic nitrogens is 4. The van der Waals surface area contributed by atoms with Crippen LogP contribution in [0.3, 0.4) is 0 Å². The highest BCUT2D eigenvalue weighted by atomic mass is 35.5. The minimum absolute atomic E-state index is 0.0841. The van der Waals surface area contributed by atoms with Gasteiger partial charge in [-0.1, -0.05) is 11.6 Å². The molecule has 0 unspecified atom stereocenters. The number of fused-ring (bicyclic) bond motifs is 1. The molecule has 2 fully saturated rings. The second-order valence-corrected chi connectivity index (χ2v) is 8.83. The van der Waals surface area contributed by atoms with E-state index in [1.807, 2.05) is 0 Å². The van der Waals surface area contributed by atoms with E-state index >= 15 is 0 Å². The van der Waals surface area contributed by atoms with Crippen LogP contribution in [0, 0.1) is 0 Å². The van der Waals surface area contributed by atoms with Crippen LogP contribution in [0.25, 0.3) is 11.1 Å². The van der Waals surface area contributed by atoms with Crippen molar-refractivity contribution in [1.82, 2.24) is 30.0 Å². The predicted molar refractivity (Wildman–Crippen MR) is 123 cm³/mol. The molecule has 0 saturated carbocycles. The van der Waals surface area contributed by atoms with Crippen molar-refractivity contribution in [3.8, 4) is 16.9 Å². The standard InChI is InChI=1S/C23H21ClF2N6O4/c24-14-1-2-15(27-8-14)9-29-21(33)19-6-20(18(10-28-19)13-7-30-32(11-13)22(25)26)36-17-3-4-31-16(5-17)12-35-23(31)34/h1-2,6-8,10-11,16-17,22H,3-5,9,12H2,(H,29,33)/t16-,17-/m0/s1. The number of alkyl halides is 2. The summed E-state index contributed by atoms with van der Waals surface area (Å²) in [6.45, 7) is -1.88. The number of rotatable bonds is 7. The van der Waals surface area contributed by atoms with E-state index in [1.54, 1.807) is 17.0 Å². The van der Waals surface area contributed by atoms with Gasteiger partial charge in [0.2, 0.25) is 0 Å². The van der Waals surface area contributed by atoms with Gasteiger partial charge in [0, 0.05) is 55.2 Å². The van der Waals surface area contributed by atoms with Gasteiger partial charge >= 0.3 is 12.6 Å². The number of hydrogen-bond acceptors (Lipinski definition) is 7. The van der Waals surface area contributed by atoms with Gasteiger partial charge in [0.1, 0.15) is 24.2 Å². The summed E-state index contributed by atoms with van der Waals surface area (Å²) in [5.41, 5.74) is 1.48. The highest BCUT2D eigenvalue weighted by Gasteiger charge is 2.39. The normalized spacial score (nSPS) is 19.2. The Morgan fingerprint density at radius 2 is 2.14 bits per heavy atom. The van der Waals surface area contributed by atoms with Gasteiger partial charge in [-0.2, -0.15) is 13.9 Å². The fraction of sp³-hybridized carbons (Fsp3) is 0.348. The molecule has 0 bridgehead atoms. The van der Waals surface area contributed by atoms with Crippen molar-refractivity contribution in [2.75, 3.05) is 13.2 Å². The second kappa shape index (κ2) is 10.1. The first-order valence-corrected chi connectivity index (χ1v) is 11.6. The Labute approximate surface area is 209 Å². The summed E-state index contributed by atoms with van der Waals surface area (Å²) in [5.74, 6) is -0.159. The molecular weight excluding hydrogens is 498 g/mol. The molecule has 2 atom stereocenters. The maximum atomic E-state index is 13.1. The number of carbonyl (C=O) groups excluding carboxylic acids is 2. The highest BCUT2D eigenvalue weighted by Crippen LogP contribution is 2.34. The number of nitrogens with zero attached hydrogens (tertiary/aromatic N) is 5. The van der Waals surface area contributed by atoms with E-state index in [2.05, 4.69) is 20.4 Å². The Morgan fingerprint density at radius 3 is 2.89 bits per heavy atom. The summed E-state index contributed by atoms with van der Waals surface area (Å²) in [4.78, 5) is 34.6. The van der Waals surface area contributed by atoms with Crippen molar-refractivity contribution in [2.45, 2.75) is 38.1 Å². The van der Waals surface area contributed by atoms with Gasteiger partial charge < -0.3 is 19.7 Å². The summed E-state index contributed by atoms with van der Waals surface area (Å²) >= 11 is 5.84. The Bertz CT molecular complexity index is 1270. The molecule has 10 nitrogen and oxygen atoms in total. The lowest BCUT2D eigenvalue weighted by Gasteiger charge is -2.32. The SMILES string of the molecule is O=C(NCc1ccc(Cl)cn1)c1cc(O[C@H]2CCN3C(=O)OC[C@@H]3C2)c(-c2cnn(C(F)F)c2)cn1. The fourth-order valence-corrected chi connectivity index (χ4v) is 4.29. The summed E-state index contributed by atoms with van der Waals surface area (Å²) in [6, 6.07) is 4.74. The molecule has 3 aromatic heterocycles. The molecule has 188 valence electrons. The fourth-order valence-electron chi connectivity index (χ4n) is 4.18. The number of carbonyl (C=O) groups is 2. The average Bonchev–Trinajstić information content (AvgIpc) is 3.51. The molecule has 5 heterocycles. The lowest BCUT2D eigenvalue weighted by molar-refractivity contribution is 0.0566. The van der Waals surface area contributed by atoms with Crippen molar-refractivity contribution in [1.29, 1.82) is 0 Å². The summed E-state index contributed by atoms with van der Waals surface area (Å²) in [6.07, 6.45) is 5.82. The van der Waals surface area contributed by atoms with E-state index < -0.39 is 12.5 Å². The summed E-state index contributed by atoms with van der Waals surface area (Å²) in [5, 5.41) is 6.91. The number of pyridine rings is 2. The van der Waals surface area contributed by atoms with Gasteiger partial charge in [0.15, 0.2) is 0 Å². The minimum atomic E-state index is -2.80. The van der Waals surface area contributed by atoms with E-state index in [1.165, 1.54) is 30.9 Å². The summed E-state index contributed by atoms with van der Waals surface area (Å²) < 4.78 is 38.1. The Hall–Kier alpha value is -3.80. The molecule has 5 rings (SSSR count). The van der Waals surface area contributed by atoms with Crippen LogP contribution in [0.5, 0.6) is 5.75 Å². The van der Waals surface area contributed by atoms with Crippen molar-refractivity contribution >= 4 is 23.6 Å².